The normalized spacial score (nSPS) is 11.9. The lowest BCUT2D eigenvalue weighted by atomic mass is 10.4. The summed E-state index contributed by atoms with van der Waals surface area (Å²) in [6.45, 7) is -1.15. The molecule has 4 nitrogen and oxygen atoms in total. The van der Waals surface area contributed by atoms with Gasteiger partial charge in [-0.1, -0.05) is 18.2 Å². The van der Waals surface area contributed by atoms with Gasteiger partial charge in [0.05, 0.1) is 18.1 Å². The summed E-state index contributed by atoms with van der Waals surface area (Å²) in [6, 6.07) is 7.77. The SMILES string of the molecule is O=S(=O)(c1ccccc1)C(CO)CO. The molecule has 0 aromatic heterocycles. The van der Waals surface area contributed by atoms with Crippen molar-refractivity contribution in [1.82, 2.24) is 0 Å². The van der Waals surface area contributed by atoms with E-state index in [1.807, 2.05) is 0 Å². The first kappa shape index (κ1) is 11.2. The van der Waals surface area contributed by atoms with E-state index in [4.69, 9.17) is 10.2 Å². The van der Waals surface area contributed by atoms with Crippen LogP contribution in [0.5, 0.6) is 0 Å². The third-order valence-electron chi connectivity index (χ3n) is 1.92. The quantitative estimate of drug-likeness (QED) is 0.731. The van der Waals surface area contributed by atoms with E-state index in [0.717, 1.165) is 0 Å². The predicted molar refractivity (Wildman–Crippen MR) is 51.6 cm³/mol. The number of sulfone groups is 1. The van der Waals surface area contributed by atoms with Gasteiger partial charge >= 0.3 is 0 Å². The second-order valence-electron chi connectivity index (χ2n) is 2.85. The Hall–Kier alpha value is -0.910. The van der Waals surface area contributed by atoms with Crippen molar-refractivity contribution in [3.8, 4) is 0 Å². The Kier molecular flexibility index (Phi) is 3.62. The summed E-state index contributed by atoms with van der Waals surface area (Å²) in [4.78, 5) is 0.119. The lowest BCUT2D eigenvalue weighted by molar-refractivity contribution is 0.223. The van der Waals surface area contributed by atoms with E-state index in [9.17, 15) is 8.42 Å². The molecule has 0 saturated carbocycles. The highest BCUT2D eigenvalue weighted by atomic mass is 32.2. The molecule has 1 aromatic rings. The molecule has 14 heavy (non-hydrogen) atoms. The summed E-state index contributed by atoms with van der Waals surface area (Å²) in [7, 11) is -3.60. The van der Waals surface area contributed by atoms with E-state index in [-0.39, 0.29) is 4.90 Å². The van der Waals surface area contributed by atoms with Crippen molar-refractivity contribution in [2.24, 2.45) is 0 Å². The van der Waals surface area contributed by atoms with Crippen LogP contribution in [0.15, 0.2) is 35.2 Å². The van der Waals surface area contributed by atoms with Crippen molar-refractivity contribution in [2.75, 3.05) is 13.2 Å². The van der Waals surface area contributed by atoms with Crippen molar-refractivity contribution >= 4 is 9.84 Å². The molecule has 2 N–H and O–H groups in total. The van der Waals surface area contributed by atoms with Crippen LogP contribution in [0.2, 0.25) is 0 Å². The topological polar surface area (TPSA) is 74.6 Å². The van der Waals surface area contributed by atoms with Crippen molar-refractivity contribution < 1.29 is 18.6 Å². The van der Waals surface area contributed by atoms with Gasteiger partial charge in [-0.2, -0.15) is 0 Å². The van der Waals surface area contributed by atoms with Crippen molar-refractivity contribution in [3.63, 3.8) is 0 Å². The largest absolute Gasteiger partial charge is 0.395 e. The molecule has 78 valence electrons. The zero-order chi connectivity index (χ0) is 10.6. The van der Waals surface area contributed by atoms with Gasteiger partial charge in [0.2, 0.25) is 0 Å². The Morgan fingerprint density at radius 2 is 1.57 bits per heavy atom. The monoisotopic (exact) mass is 216 g/mol. The Morgan fingerprint density at radius 1 is 1.07 bits per heavy atom. The van der Waals surface area contributed by atoms with E-state index in [2.05, 4.69) is 0 Å². The van der Waals surface area contributed by atoms with Gasteiger partial charge in [0, 0.05) is 0 Å². The van der Waals surface area contributed by atoms with Crippen LogP contribution in [0.4, 0.5) is 0 Å². The van der Waals surface area contributed by atoms with E-state index in [1.165, 1.54) is 12.1 Å². The zero-order valence-corrected chi connectivity index (χ0v) is 8.31. The first-order chi connectivity index (χ1) is 6.62. The molecule has 5 heteroatoms. The van der Waals surface area contributed by atoms with E-state index >= 15 is 0 Å². The Morgan fingerprint density at radius 3 is 2.00 bits per heavy atom. The zero-order valence-electron chi connectivity index (χ0n) is 7.50. The molecular formula is C9H12O4S. The molecule has 0 unspecified atom stereocenters. The first-order valence-corrected chi connectivity index (χ1v) is 5.68. The van der Waals surface area contributed by atoms with Crippen molar-refractivity contribution in [2.45, 2.75) is 10.1 Å². The highest BCUT2D eigenvalue weighted by Crippen LogP contribution is 2.14. The van der Waals surface area contributed by atoms with Gasteiger partial charge in [0.1, 0.15) is 5.25 Å². The van der Waals surface area contributed by atoms with Gasteiger partial charge < -0.3 is 10.2 Å². The molecule has 0 aliphatic carbocycles. The lowest BCUT2D eigenvalue weighted by Gasteiger charge is -2.11. The van der Waals surface area contributed by atoms with Gasteiger partial charge in [-0.15, -0.1) is 0 Å². The summed E-state index contributed by atoms with van der Waals surface area (Å²) in [5.74, 6) is 0. The van der Waals surface area contributed by atoms with E-state index in [1.54, 1.807) is 18.2 Å². The minimum absolute atomic E-state index is 0.119. The second kappa shape index (κ2) is 4.54. The minimum Gasteiger partial charge on any atom is -0.395 e. The van der Waals surface area contributed by atoms with E-state index in [0.29, 0.717) is 0 Å². The van der Waals surface area contributed by atoms with Gasteiger partial charge in [-0.05, 0) is 12.1 Å². The molecule has 0 heterocycles. The molecule has 0 saturated heterocycles. The van der Waals surface area contributed by atoms with Crippen LogP contribution in [-0.4, -0.2) is 37.1 Å². The number of aliphatic hydroxyl groups excluding tert-OH is 2. The summed E-state index contributed by atoms with van der Waals surface area (Å²) >= 11 is 0. The van der Waals surface area contributed by atoms with Crippen LogP contribution in [0.3, 0.4) is 0 Å². The fraction of sp³-hybridized carbons (Fsp3) is 0.333. The van der Waals surface area contributed by atoms with Gasteiger partial charge in [-0.3, -0.25) is 0 Å². The van der Waals surface area contributed by atoms with Crippen molar-refractivity contribution in [3.05, 3.63) is 30.3 Å². The molecule has 0 fully saturated rings. The molecule has 0 aliphatic rings. The fourth-order valence-corrected chi connectivity index (χ4v) is 2.37. The maximum atomic E-state index is 11.7. The van der Waals surface area contributed by atoms with Crippen LogP contribution in [0.25, 0.3) is 0 Å². The Bertz CT molecular complexity index is 367. The van der Waals surface area contributed by atoms with Gasteiger partial charge in [-0.25, -0.2) is 8.42 Å². The predicted octanol–water partition coefficient (Wildman–Crippen LogP) is -0.186. The highest BCUT2D eigenvalue weighted by Gasteiger charge is 2.25. The van der Waals surface area contributed by atoms with Crippen LogP contribution in [0.1, 0.15) is 0 Å². The average Bonchev–Trinajstić information content (AvgIpc) is 2.20. The molecule has 0 spiro atoms. The smallest absolute Gasteiger partial charge is 0.185 e. The highest BCUT2D eigenvalue weighted by molar-refractivity contribution is 7.92. The summed E-state index contributed by atoms with van der Waals surface area (Å²) in [5, 5.41) is 16.4. The van der Waals surface area contributed by atoms with Gasteiger partial charge in [0.25, 0.3) is 0 Å². The molecule has 1 rings (SSSR count). The van der Waals surface area contributed by atoms with Gasteiger partial charge in [0.15, 0.2) is 9.84 Å². The number of aliphatic hydroxyl groups is 2. The number of hydrogen-bond acceptors (Lipinski definition) is 4. The minimum atomic E-state index is -3.60. The Labute approximate surface area is 82.7 Å². The average molecular weight is 216 g/mol. The van der Waals surface area contributed by atoms with Crippen LogP contribution in [-0.2, 0) is 9.84 Å². The van der Waals surface area contributed by atoms with Crippen LogP contribution in [0, 0.1) is 0 Å². The van der Waals surface area contributed by atoms with Crippen molar-refractivity contribution in [1.29, 1.82) is 0 Å². The standard InChI is InChI=1S/C9H12O4S/c10-6-9(7-11)14(12,13)8-4-2-1-3-5-8/h1-5,9-11H,6-7H2. The number of benzene rings is 1. The third-order valence-corrected chi connectivity index (χ3v) is 4.02. The molecule has 0 bridgehead atoms. The maximum Gasteiger partial charge on any atom is 0.185 e. The summed E-state index contributed by atoms with van der Waals surface area (Å²) in [5.41, 5.74) is 0. The lowest BCUT2D eigenvalue weighted by Crippen LogP contribution is -2.28. The Balaban J connectivity index is 3.08. The molecule has 1 aromatic carbocycles. The molecule has 0 aliphatic heterocycles. The molecular weight excluding hydrogens is 204 g/mol. The van der Waals surface area contributed by atoms with Crippen LogP contribution >= 0.6 is 0 Å². The molecule has 0 atom stereocenters. The first-order valence-electron chi connectivity index (χ1n) is 4.13. The summed E-state index contributed by atoms with van der Waals surface area (Å²) < 4.78 is 23.3. The summed E-state index contributed by atoms with van der Waals surface area (Å²) in [6.07, 6.45) is 0. The number of hydrogen-bond donors (Lipinski definition) is 2. The van der Waals surface area contributed by atoms with E-state index < -0.39 is 28.3 Å². The number of rotatable bonds is 4. The second-order valence-corrected chi connectivity index (χ2v) is 5.07. The third kappa shape index (κ3) is 2.12. The van der Waals surface area contributed by atoms with Crippen LogP contribution < -0.4 is 0 Å². The maximum absolute atomic E-state index is 11.7. The fourth-order valence-electron chi connectivity index (χ4n) is 1.06. The molecule has 0 amide bonds. The molecule has 0 radical (unpaired) electrons.